The van der Waals surface area contributed by atoms with E-state index in [1.165, 1.54) is 62.5 Å². The molecule has 1 N–H and O–H groups in total. The highest BCUT2D eigenvalue weighted by atomic mass is 14.8. The van der Waals surface area contributed by atoms with Crippen molar-refractivity contribution in [3.63, 3.8) is 0 Å². The van der Waals surface area contributed by atoms with Crippen molar-refractivity contribution in [2.75, 3.05) is 6.54 Å². The Balaban J connectivity index is 1.88. The van der Waals surface area contributed by atoms with Crippen molar-refractivity contribution in [3.8, 4) is 0 Å². The lowest BCUT2D eigenvalue weighted by Gasteiger charge is -2.07. The van der Waals surface area contributed by atoms with Gasteiger partial charge in [-0.15, -0.1) is 6.58 Å². The van der Waals surface area contributed by atoms with Crippen LogP contribution in [-0.2, 0) is 6.54 Å². The number of nitrogens with one attached hydrogen (secondary N) is 1. The molecule has 0 fully saturated rings. The van der Waals surface area contributed by atoms with Crippen molar-refractivity contribution in [1.29, 1.82) is 0 Å². The molecule has 1 rings (SSSR count). The van der Waals surface area contributed by atoms with Crippen molar-refractivity contribution in [2.45, 2.75) is 64.8 Å². The van der Waals surface area contributed by atoms with Gasteiger partial charge in [0.15, 0.2) is 0 Å². The van der Waals surface area contributed by atoms with Crippen LogP contribution in [0.3, 0.4) is 0 Å². The fourth-order valence-corrected chi connectivity index (χ4v) is 2.45. The number of unbranched alkanes of at least 4 members (excludes halogenated alkanes) is 7. The molecule has 0 aliphatic rings. The Morgan fingerprint density at radius 3 is 2.30 bits per heavy atom. The normalized spacial score (nSPS) is 10.7. The molecule has 1 nitrogen and oxygen atoms in total. The van der Waals surface area contributed by atoms with Gasteiger partial charge in [-0.1, -0.05) is 62.4 Å². The zero-order valence-corrected chi connectivity index (χ0v) is 13.2. The van der Waals surface area contributed by atoms with Crippen molar-refractivity contribution in [1.82, 2.24) is 5.32 Å². The summed E-state index contributed by atoms with van der Waals surface area (Å²) in [4.78, 5) is 0. The van der Waals surface area contributed by atoms with Crippen molar-refractivity contribution < 1.29 is 0 Å². The summed E-state index contributed by atoms with van der Waals surface area (Å²) in [6.07, 6.45) is 12.8. The smallest absolute Gasteiger partial charge is 0.0208 e. The van der Waals surface area contributed by atoms with Crippen LogP contribution < -0.4 is 5.32 Å². The van der Waals surface area contributed by atoms with E-state index >= 15 is 0 Å². The first-order valence-electron chi connectivity index (χ1n) is 8.20. The lowest BCUT2D eigenvalue weighted by atomic mass is 10.1. The minimum Gasteiger partial charge on any atom is -0.313 e. The molecule has 0 spiro atoms. The molecule has 0 aliphatic carbocycles. The summed E-state index contributed by atoms with van der Waals surface area (Å²) >= 11 is 0. The van der Waals surface area contributed by atoms with Crippen LogP contribution in [0, 0.1) is 6.92 Å². The SMILES string of the molecule is C=CCCCCCCCCCNCc1ccccc1C. The molecule has 112 valence electrons. The molecule has 0 bridgehead atoms. The molecule has 1 heteroatoms. The Hall–Kier alpha value is -1.08. The van der Waals surface area contributed by atoms with Crippen LogP contribution in [0.5, 0.6) is 0 Å². The number of hydrogen-bond donors (Lipinski definition) is 1. The van der Waals surface area contributed by atoms with E-state index in [1.54, 1.807) is 0 Å². The van der Waals surface area contributed by atoms with Gasteiger partial charge in [0.25, 0.3) is 0 Å². The maximum absolute atomic E-state index is 3.76. The predicted molar refractivity (Wildman–Crippen MR) is 90.0 cm³/mol. The molecule has 0 heterocycles. The van der Waals surface area contributed by atoms with Gasteiger partial charge in [-0.05, 0) is 43.9 Å². The third-order valence-corrected chi connectivity index (χ3v) is 3.84. The topological polar surface area (TPSA) is 12.0 Å². The monoisotopic (exact) mass is 273 g/mol. The van der Waals surface area contributed by atoms with Crippen LogP contribution in [0.15, 0.2) is 36.9 Å². The van der Waals surface area contributed by atoms with Crippen LogP contribution >= 0.6 is 0 Å². The minimum absolute atomic E-state index is 1.01. The maximum Gasteiger partial charge on any atom is 0.0208 e. The number of allylic oxidation sites excluding steroid dienone is 1. The Kier molecular flexibility index (Phi) is 9.95. The highest BCUT2D eigenvalue weighted by molar-refractivity contribution is 5.25. The average Bonchev–Trinajstić information content (AvgIpc) is 2.46. The fraction of sp³-hybridized carbons (Fsp3) is 0.579. The quantitative estimate of drug-likeness (QED) is 0.397. The van der Waals surface area contributed by atoms with Gasteiger partial charge in [-0.3, -0.25) is 0 Å². The fourth-order valence-electron chi connectivity index (χ4n) is 2.45. The van der Waals surface area contributed by atoms with Gasteiger partial charge in [0.2, 0.25) is 0 Å². The molecule has 0 saturated carbocycles. The molecule has 0 saturated heterocycles. The molecule has 20 heavy (non-hydrogen) atoms. The first-order chi connectivity index (χ1) is 9.84. The predicted octanol–water partition coefficient (Wildman–Crippen LogP) is 5.39. The van der Waals surface area contributed by atoms with E-state index in [0.717, 1.165) is 13.1 Å². The van der Waals surface area contributed by atoms with Gasteiger partial charge in [0, 0.05) is 6.54 Å². The van der Waals surface area contributed by atoms with E-state index in [0.29, 0.717) is 0 Å². The van der Waals surface area contributed by atoms with E-state index < -0.39 is 0 Å². The zero-order valence-electron chi connectivity index (χ0n) is 13.2. The molecule has 1 aromatic rings. The standard InChI is InChI=1S/C19H31N/c1-3-4-5-6-7-8-9-10-13-16-20-17-19-15-12-11-14-18(19)2/h3,11-12,14-15,20H,1,4-10,13,16-17H2,2H3. The van der Waals surface area contributed by atoms with E-state index in [-0.39, 0.29) is 0 Å². The van der Waals surface area contributed by atoms with Crippen molar-refractivity contribution in [3.05, 3.63) is 48.0 Å². The van der Waals surface area contributed by atoms with Crippen LogP contribution in [0.1, 0.15) is 62.5 Å². The van der Waals surface area contributed by atoms with Gasteiger partial charge in [-0.25, -0.2) is 0 Å². The summed E-state index contributed by atoms with van der Waals surface area (Å²) < 4.78 is 0. The molecule has 0 radical (unpaired) electrons. The first kappa shape index (κ1) is 17.0. The van der Waals surface area contributed by atoms with Gasteiger partial charge >= 0.3 is 0 Å². The van der Waals surface area contributed by atoms with E-state index in [2.05, 4.69) is 43.1 Å². The highest BCUT2D eigenvalue weighted by Gasteiger charge is 1.96. The van der Waals surface area contributed by atoms with Crippen molar-refractivity contribution in [2.24, 2.45) is 0 Å². The second-order valence-electron chi connectivity index (χ2n) is 5.66. The Bertz CT molecular complexity index is 357. The van der Waals surface area contributed by atoms with Gasteiger partial charge in [0.05, 0.1) is 0 Å². The largest absolute Gasteiger partial charge is 0.313 e. The van der Waals surface area contributed by atoms with Gasteiger partial charge in [-0.2, -0.15) is 0 Å². The minimum atomic E-state index is 1.01. The summed E-state index contributed by atoms with van der Waals surface area (Å²) in [5, 5.41) is 3.55. The van der Waals surface area contributed by atoms with E-state index in [9.17, 15) is 0 Å². The summed E-state index contributed by atoms with van der Waals surface area (Å²) in [5.41, 5.74) is 2.81. The van der Waals surface area contributed by atoms with Crippen LogP contribution in [0.25, 0.3) is 0 Å². The molecule has 0 atom stereocenters. The molecular formula is C19H31N. The number of benzene rings is 1. The summed E-state index contributed by atoms with van der Waals surface area (Å²) in [6, 6.07) is 8.62. The first-order valence-corrected chi connectivity index (χ1v) is 8.20. The molecular weight excluding hydrogens is 242 g/mol. The molecule has 0 aromatic heterocycles. The second kappa shape index (κ2) is 11.7. The average molecular weight is 273 g/mol. The lowest BCUT2D eigenvalue weighted by molar-refractivity contribution is 0.558. The number of aryl methyl sites for hydroxylation is 1. The van der Waals surface area contributed by atoms with Crippen LogP contribution in [0.2, 0.25) is 0 Å². The zero-order chi connectivity index (χ0) is 14.5. The lowest BCUT2D eigenvalue weighted by Crippen LogP contribution is -2.15. The Morgan fingerprint density at radius 2 is 1.60 bits per heavy atom. The van der Waals surface area contributed by atoms with Gasteiger partial charge in [0.1, 0.15) is 0 Å². The van der Waals surface area contributed by atoms with Crippen LogP contribution in [-0.4, -0.2) is 6.54 Å². The van der Waals surface area contributed by atoms with E-state index in [4.69, 9.17) is 0 Å². The maximum atomic E-state index is 3.76. The Labute approximate surface area is 125 Å². The number of rotatable bonds is 12. The summed E-state index contributed by atoms with van der Waals surface area (Å²) in [5.74, 6) is 0. The second-order valence-corrected chi connectivity index (χ2v) is 5.66. The summed E-state index contributed by atoms with van der Waals surface area (Å²) in [6.45, 7) is 8.09. The van der Waals surface area contributed by atoms with Crippen molar-refractivity contribution >= 4 is 0 Å². The number of hydrogen-bond acceptors (Lipinski definition) is 1. The third-order valence-electron chi connectivity index (χ3n) is 3.84. The molecule has 0 amide bonds. The summed E-state index contributed by atoms with van der Waals surface area (Å²) in [7, 11) is 0. The molecule has 0 unspecified atom stereocenters. The van der Waals surface area contributed by atoms with Crippen LogP contribution in [0.4, 0.5) is 0 Å². The Morgan fingerprint density at radius 1 is 0.950 bits per heavy atom. The van der Waals surface area contributed by atoms with Gasteiger partial charge < -0.3 is 5.32 Å². The third kappa shape index (κ3) is 8.16. The van der Waals surface area contributed by atoms with E-state index in [1.807, 2.05) is 6.08 Å². The molecule has 0 aliphatic heterocycles. The highest BCUT2D eigenvalue weighted by Crippen LogP contribution is 2.09. The molecule has 1 aromatic carbocycles.